The second kappa shape index (κ2) is 9.21. The van der Waals surface area contributed by atoms with Crippen LogP contribution in [0.5, 0.6) is 5.75 Å². The Morgan fingerprint density at radius 3 is 2.46 bits per heavy atom. The summed E-state index contributed by atoms with van der Waals surface area (Å²) >= 11 is 0. The molecule has 0 spiro atoms. The maximum Gasteiger partial charge on any atom is 0.217 e. The molecule has 3 heterocycles. The Bertz CT molecular complexity index is 1460. The minimum absolute atomic E-state index is 0.408. The molecule has 3 aromatic carbocycles. The van der Waals surface area contributed by atoms with Crippen LogP contribution >= 0.6 is 0 Å². The molecule has 2 N–H and O–H groups in total. The van der Waals surface area contributed by atoms with Gasteiger partial charge in [0.25, 0.3) is 0 Å². The highest BCUT2D eigenvalue weighted by molar-refractivity contribution is 6.06. The van der Waals surface area contributed by atoms with Gasteiger partial charge in [-0.05, 0) is 47.5 Å². The molecule has 5 aromatic rings. The molecule has 1 saturated heterocycles. The van der Waals surface area contributed by atoms with Gasteiger partial charge in [-0.3, -0.25) is 0 Å². The fourth-order valence-electron chi connectivity index (χ4n) is 4.29. The molecule has 6 rings (SSSR count). The van der Waals surface area contributed by atoms with Gasteiger partial charge in [0.15, 0.2) is 5.76 Å². The molecule has 0 atom stereocenters. The number of ether oxygens (including phenoxy) is 3. The van der Waals surface area contributed by atoms with Crippen molar-refractivity contribution < 1.29 is 18.6 Å². The van der Waals surface area contributed by atoms with Crippen LogP contribution in [0.15, 0.2) is 89.6 Å². The molecule has 0 bridgehead atoms. The van der Waals surface area contributed by atoms with Gasteiger partial charge in [-0.1, -0.05) is 42.5 Å². The maximum absolute atomic E-state index is 6.34. The number of anilines is 1. The van der Waals surface area contributed by atoms with E-state index in [1.54, 1.807) is 0 Å². The van der Waals surface area contributed by atoms with Gasteiger partial charge in [-0.25, -0.2) is 9.97 Å². The lowest BCUT2D eigenvalue weighted by Crippen LogP contribution is -1.98. The first-order valence-electron chi connectivity index (χ1n) is 11.4. The first kappa shape index (κ1) is 21.3. The Morgan fingerprint density at radius 1 is 0.857 bits per heavy atom. The van der Waals surface area contributed by atoms with Crippen LogP contribution in [-0.2, 0) is 16.1 Å². The van der Waals surface area contributed by atoms with Crippen molar-refractivity contribution in [3.05, 3.63) is 96.5 Å². The third-order valence-corrected chi connectivity index (χ3v) is 5.97. The first-order valence-corrected chi connectivity index (χ1v) is 11.4. The summed E-state index contributed by atoms with van der Waals surface area (Å²) in [5, 5.41) is 0.772. The third-order valence-electron chi connectivity index (χ3n) is 5.97. The minimum atomic E-state index is -0.484. The Kier molecular flexibility index (Phi) is 5.62. The third kappa shape index (κ3) is 4.23. The van der Waals surface area contributed by atoms with Crippen LogP contribution < -0.4 is 10.5 Å². The monoisotopic (exact) mass is 465 g/mol. The highest BCUT2D eigenvalue weighted by Crippen LogP contribution is 2.41. The Labute approximate surface area is 202 Å². The van der Waals surface area contributed by atoms with E-state index < -0.39 is 6.29 Å². The molecule has 2 aromatic heterocycles. The van der Waals surface area contributed by atoms with Crippen molar-refractivity contribution in [2.24, 2.45) is 0 Å². The van der Waals surface area contributed by atoms with Crippen molar-refractivity contribution in [1.29, 1.82) is 0 Å². The molecule has 1 fully saturated rings. The van der Waals surface area contributed by atoms with E-state index in [0.29, 0.717) is 37.2 Å². The molecule has 35 heavy (non-hydrogen) atoms. The van der Waals surface area contributed by atoms with Crippen LogP contribution in [-0.4, -0.2) is 23.2 Å². The topological polar surface area (TPSA) is 92.6 Å². The number of nitrogens with zero attached hydrogens (tertiary/aromatic N) is 2. The van der Waals surface area contributed by atoms with E-state index in [2.05, 4.69) is 9.97 Å². The second-order valence-corrected chi connectivity index (χ2v) is 8.22. The lowest BCUT2D eigenvalue weighted by Gasteiger charge is -2.14. The van der Waals surface area contributed by atoms with Crippen molar-refractivity contribution >= 4 is 16.7 Å². The number of hydrogen-bond donors (Lipinski definition) is 1. The number of fused-ring (bicyclic) bond motifs is 1. The standard InChI is InChI=1S/C28H23N3O4/c29-27-26-22(30-17-31-27)11-10-21(23-12-13-24(35-23)28-32-14-15-33-28)25(26)19-6-8-20(9-7-19)34-16-18-4-2-1-3-5-18/h1-13,17,28H,14-16H2,(H2,29,30,31). The Balaban J connectivity index is 1.39. The smallest absolute Gasteiger partial charge is 0.217 e. The fraction of sp³-hybridized carbons (Fsp3) is 0.143. The average molecular weight is 466 g/mol. The lowest BCUT2D eigenvalue weighted by molar-refractivity contribution is -0.0585. The maximum atomic E-state index is 6.34. The van der Waals surface area contributed by atoms with E-state index >= 15 is 0 Å². The molecule has 7 nitrogen and oxygen atoms in total. The Morgan fingerprint density at radius 2 is 1.66 bits per heavy atom. The fourth-order valence-corrected chi connectivity index (χ4v) is 4.29. The summed E-state index contributed by atoms with van der Waals surface area (Å²) in [4.78, 5) is 8.67. The van der Waals surface area contributed by atoms with Gasteiger partial charge in [0.05, 0.1) is 24.1 Å². The normalized spacial score (nSPS) is 13.9. The predicted octanol–water partition coefficient (Wildman–Crippen LogP) is 5.76. The number of furan rings is 1. The molecule has 0 unspecified atom stereocenters. The zero-order valence-corrected chi connectivity index (χ0v) is 18.9. The minimum Gasteiger partial charge on any atom is -0.489 e. The van der Waals surface area contributed by atoms with Crippen molar-refractivity contribution in [2.45, 2.75) is 12.9 Å². The summed E-state index contributed by atoms with van der Waals surface area (Å²) in [6, 6.07) is 25.7. The highest BCUT2D eigenvalue weighted by Gasteiger charge is 2.24. The van der Waals surface area contributed by atoms with Gasteiger partial charge in [-0.2, -0.15) is 0 Å². The summed E-state index contributed by atoms with van der Waals surface area (Å²) in [5.41, 5.74) is 10.9. The summed E-state index contributed by atoms with van der Waals surface area (Å²) < 4.78 is 23.3. The molecular formula is C28H23N3O4. The van der Waals surface area contributed by atoms with Crippen molar-refractivity contribution in [2.75, 3.05) is 18.9 Å². The van der Waals surface area contributed by atoms with E-state index in [0.717, 1.165) is 38.9 Å². The van der Waals surface area contributed by atoms with E-state index in [9.17, 15) is 0 Å². The molecule has 0 radical (unpaired) electrons. The average Bonchev–Trinajstić information content (AvgIpc) is 3.61. The molecular weight excluding hydrogens is 442 g/mol. The molecule has 1 aliphatic rings. The summed E-state index contributed by atoms with van der Waals surface area (Å²) in [6.45, 7) is 1.60. The van der Waals surface area contributed by atoms with Gasteiger partial charge in [0.1, 0.15) is 30.3 Å². The van der Waals surface area contributed by atoms with Crippen LogP contribution in [0.2, 0.25) is 0 Å². The molecule has 0 aliphatic carbocycles. The SMILES string of the molecule is Nc1ncnc2ccc(-c3ccc(C4OCCO4)o3)c(-c3ccc(OCc4ccccc4)cc3)c12. The number of aromatic nitrogens is 2. The number of nitrogens with two attached hydrogens (primary N) is 1. The predicted molar refractivity (Wildman–Crippen MR) is 133 cm³/mol. The number of benzene rings is 3. The van der Waals surface area contributed by atoms with E-state index in [1.165, 1.54) is 6.33 Å². The van der Waals surface area contributed by atoms with Gasteiger partial charge < -0.3 is 24.4 Å². The van der Waals surface area contributed by atoms with Gasteiger partial charge in [0, 0.05) is 11.1 Å². The van der Waals surface area contributed by atoms with Crippen molar-refractivity contribution in [1.82, 2.24) is 9.97 Å². The quantitative estimate of drug-likeness (QED) is 0.341. The first-order chi connectivity index (χ1) is 17.3. The summed E-state index contributed by atoms with van der Waals surface area (Å²) in [5.74, 6) is 2.50. The van der Waals surface area contributed by atoms with Gasteiger partial charge in [-0.15, -0.1) is 0 Å². The largest absolute Gasteiger partial charge is 0.489 e. The highest BCUT2D eigenvalue weighted by atomic mass is 16.7. The number of rotatable bonds is 6. The number of hydrogen-bond acceptors (Lipinski definition) is 7. The summed E-state index contributed by atoms with van der Waals surface area (Å²) in [6.07, 6.45) is 0.989. The van der Waals surface area contributed by atoms with Gasteiger partial charge in [0.2, 0.25) is 6.29 Å². The zero-order chi connectivity index (χ0) is 23.6. The van der Waals surface area contributed by atoms with E-state index in [1.807, 2.05) is 78.9 Å². The molecule has 174 valence electrons. The van der Waals surface area contributed by atoms with Crippen LogP contribution in [0.3, 0.4) is 0 Å². The lowest BCUT2D eigenvalue weighted by atomic mass is 9.94. The molecule has 7 heteroatoms. The van der Waals surface area contributed by atoms with Crippen LogP contribution in [0.1, 0.15) is 17.6 Å². The van der Waals surface area contributed by atoms with Crippen molar-refractivity contribution in [3.63, 3.8) is 0 Å². The van der Waals surface area contributed by atoms with Crippen LogP contribution in [0.25, 0.3) is 33.4 Å². The molecule has 1 aliphatic heterocycles. The van der Waals surface area contributed by atoms with Crippen LogP contribution in [0.4, 0.5) is 5.82 Å². The summed E-state index contributed by atoms with van der Waals surface area (Å²) in [7, 11) is 0. The van der Waals surface area contributed by atoms with E-state index in [4.69, 9.17) is 24.4 Å². The second-order valence-electron chi connectivity index (χ2n) is 8.22. The van der Waals surface area contributed by atoms with Crippen molar-refractivity contribution in [3.8, 4) is 28.2 Å². The number of nitrogen functional groups attached to an aromatic ring is 1. The van der Waals surface area contributed by atoms with Gasteiger partial charge >= 0.3 is 0 Å². The Hall–Kier alpha value is -4.20. The molecule has 0 amide bonds. The molecule has 0 saturated carbocycles. The van der Waals surface area contributed by atoms with Crippen LogP contribution in [0, 0.1) is 0 Å². The zero-order valence-electron chi connectivity index (χ0n) is 18.9. The van der Waals surface area contributed by atoms with E-state index in [-0.39, 0.29) is 0 Å².